The molecule has 0 amide bonds. The Morgan fingerprint density at radius 3 is 2.53 bits per heavy atom. The molecular formula is C15H19N2+. The van der Waals surface area contributed by atoms with E-state index in [1.54, 1.807) is 0 Å². The summed E-state index contributed by atoms with van der Waals surface area (Å²) in [5.74, 6) is 1.73. The fourth-order valence-electron chi connectivity index (χ4n) is 4.30. The standard InChI is InChI=1S/C15H19N2/c1-9-10(2)15-14(9)17(15)6-5-12-7-11(8-16)3-4-13(12)17/h3-7,9-10,14-15H,8,16H2,1-2H3/q+1. The maximum Gasteiger partial charge on any atom is 0.155 e. The summed E-state index contributed by atoms with van der Waals surface area (Å²) < 4.78 is 1.14. The Morgan fingerprint density at radius 2 is 1.88 bits per heavy atom. The summed E-state index contributed by atoms with van der Waals surface area (Å²) in [4.78, 5) is 0. The van der Waals surface area contributed by atoms with Crippen LogP contribution < -0.4 is 10.2 Å². The van der Waals surface area contributed by atoms with Crippen LogP contribution in [0.25, 0.3) is 6.08 Å². The molecule has 4 unspecified atom stereocenters. The van der Waals surface area contributed by atoms with Crippen LogP contribution in [0.3, 0.4) is 0 Å². The van der Waals surface area contributed by atoms with Crippen LogP contribution in [-0.4, -0.2) is 12.1 Å². The smallest absolute Gasteiger partial charge is 0.155 e. The molecule has 17 heavy (non-hydrogen) atoms. The van der Waals surface area contributed by atoms with Gasteiger partial charge < -0.3 is 5.73 Å². The van der Waals surface area contributed by atoms with E-state index in [-0.39, 0.29) is 0 Å². The van der Waals surface area contributed by atoms with Crippen molar-refractivity contribution in [2.24, 2.45) is 17.6 Å². The highest BCUT2D eigenvalue weighted by atomic mass is 15.6. The summed E-state index contributed by atoms with van der Waals surface area (Å²) >= 11 is 0. The second kappa shape index (κ2) is 2.82. The molecule has 2 nitrogen and oxygen atoms in total. The van der Waals surface area contributed by atoms with Crippen molar-refractivity contribution < 1.29 is 0 Å². The van der Waals surface area contributed by atoms with Crippen molar-refractivity contribution in [1.82, 2.24) is 4.48 Å². The Hall–Kier alpha value is -1.12. The summed E-state index contributed by atoms with van der Waals surface area (Å²) in [6, 6.07) is 8.46. The van der Waals surface area contributed by atoms with Crippen molar-refractivity contribution in [1.29, 1.82) is 0 Å². The number of benzene rings is 1. The maximum atomic E-state index is 5.71. The first kappa shape index (κ1) is 9.86. The predicted molar refractivity (Wildman–Crippen MR) is 71.1 cm³/mol. The third-order valence-electron chi connectivity index (χ3n) is 5.40. The first-order chi connectivity index (χ1) is 8.20. The number of hydrogen-bond donors (Lipinski definition) is 1. The van der Waals surface area contributed by atoms with Gasteiger partial charge in [-0.05, 0) is 11.6 Å². The molecule has 4 atom stereocenters. The Labute approximate surface area is 102 Å². The minimum Gasteiger partial charge on any atom is -0.326 e. The van der Waals surface area contributed by atoms with Crippen LogP contribution in [0.5, 0.6) is 0 Å². The zero-order valence-corrected chi connectivity index (χ0v) is 10.4. The molecule has 2 heteroatoms. The molecule has 0 bridgehead atoms. The molecule has 0 aromatic heterocycles. The molecule has 3 aliphatic rings. The highest BCUT2D eigenvalue weighted by molar-refractivity contribution is 5.79. The third kappa shape index (κ3) is 0.917. The van der Waals surface area contributed by atoms with Gasteiger partial charge in [0.1, 0.15) is 11.9 Å². The van der Waals surface area contributed by atoms with Crippen molar-refractivity contribution in [2.75, 3.05) is 0 Å². The topological polar surface area (TPSA) is 26.0 Å². The van der Waals surface area contributed by atoms with Crippen molar-refractivity contribution >= 4 is 11.8 Å². The van der Waals surface area contributed by atoms with Gasteiger partial charge in [0, 0.05) is 36.1 Å². The Bertz CT molecular complexity index is 518. The van der Waals surface area contributed by atoms with E-state index in [1.165, 1.54) is 16.8 Å². The zero-order valence-electron chi connectivity index (χ0n) is 10.4. The van der Waals surface area contributed by atoms with Gasteiger partial charge in [0.15, 0.2) is 12.1 Å². The van der Waals surface area contributed by atoms with Crippen LogP contribution >= 0.6 is 0 Å². The number of quaternary nitrogens is 1. The lowest BCUT2D eigenvalue weighted by Crippen LogP contribution is -2.31. The van der Waals surface area contributed by atoms with Crippen molar-refractivity contribution in [3.63, 3.8) is 0 Å². The highest BCUT2D eigenvalue weighted by Crippen LogP contribution is 2.65. The normalized spacial score (nSPS) is 44.4. The van der Waals surface area contributed by atoms with Gasteiger partial charge in [0.05, 0.1) is 0 Å². The molecule has 1 aliphatic carbocycles. The quantitative estimate of drug-likeness (QED) is 0.579. The Morgan fingerprint density at radius 1 is 1.18 bits per heavy atom. The maximum absolute atomic E-state index is 5.71. The van der Waals surface area contributed by atoms with E-state index in [2.05, 4.69) is 44.3 Å². The largest absolute Gasteiger partial charge is 0.326 e. The van der Waals surface area contributed by atoms with Gasteiger partial charge in [-0.25, -0.2) is 4.48 Å². The summed E-state index contributed by atoms with van der Waals surface area (Å²) in [7, 11) is 0. The second-order valence-electron chi connectivity index (χ2n) is 5.95. The molecule has 1 aromatic rings. The van der Waals surface area contributed by atoms with Crippen LogP contribution in [0.4, 0.5) is 5.69 Å². The molecule has 1 saturated heterocycles. The van der Waals surface area contributed by atoms with E-state index in [0.717, 1.165) is 28.4 Å². The molecule has 2 aliphatic heterocycles. The van der Waals surface area contributed by atoms with E-state index in [1.807, 2.05) is 0 Å². The van der Waals surface area contributed by atoms with E-state index in [0.29, 0.717) is 6.54 Å². The number of rotatable bonds is 1. The fraction of sp³-hybridized carbons (Fsp3) is 0.467. The molecule has 1 aromatic carbocycles. The highest BCUT2D eigenvalue weighted by Gasteiger charge is 2.80. The van der Waals surface area contributed by atoms with Crippen LogP contribution in [-0.2, 0) is 6.54 Å². The Balaban J connectivity index is 1.80. The van der Waals surface area contributed by atoms with Gasteiger partial charge in [-0.2, -0.15) is 0 Å². The van der Waals surface area contributed by atoms with E-state index in [9.17, 15) is 0 Å². The molecule has 2 heterocycles. The Kier molecular flexibility index (Phi) is 1.64. The van der Waals surface area contributed by atoms with Gasteiger partial charge >= 0.3 is 0 Å². The monoisotopic (exact) mass is 227 g/mol. The van der Waals surface area contributed by atoms with Gasteiger partial charge in [-0.1, -0.05) is 19.9 Å². The van der Waals surface area contributed by atoms with Crippen LogP contribution in [0.15, 0.2) is 24.4 Å². The predicted octanol–water partition coefficient (Wildman–Crippen LogP) is 2.47. The summed E-state index contributed by atoms with van der Waals surface area (Å²) in [6.45, 7) is 5.44. The molecule has 1 spiro atoms. The molecular weight excluding hydrogens is 208 g/mol. The number of hydrogen-bond acceptors (Lipinski definition) is 1. The number of fused-ring (bicyclic) bond motifs is 5. The summed E-state index contributed by atoms with van der Waals surface area (Å²) in [5.41, 5.74) is 9.85. The molecule has 2 N–H and O–H groups in total. The first-order valence-corrected chi connectivity index (χ1v) is 6.61. The van der Waals surface area contributed by atoms with Gasteiger partial charge in [0.2, 0.25) is 0 Å². The van der Waals surface area contributed by atoms with Crippen molar-refractivity contribution in [2.45, 2.75) is 32.5 Å². The first-order valence-electron chi connectivity index (χ1n) is 6.61. The second-order valence-corrected chi connectivity index (χ2v) is 5.95. The lowest BCUT2D eigenvalue weighted by atomic mass is 9.77. The number of nitrogens with two attached hydrogens (primary N) is 1. The van der Waals surface area contributed by atoms with Crippen LogP contribution in [0.2, 0.25) is 0 Å². The molecule has 0 radical (unpaired) electrons. The van der Waals surface area contributed by atoms with Crippen LogP contribution in [0.1, 0.15) is 25.0 Å². The zero-order chi connectivity index (χ0) is 11.8. The molecule has 2 fully saturated rings. The average Bonchev–Trinajstić information content (AvgIpc) is 2.85. The van der Waals surface area contributed by atoms with Crippen LogP contribution in [0, 0.1) is 11.8 Å². The minimum absolute atomic E-state index is 0.640. The van der Waals surface area contributed by atoms with Gasteiger partial charge in [-0.15, -0.1) is 0 Å². The average molecular weight is 227 g/mol. The third-order valence-corrected chi connectivity index (χ3v) is 5.40. The van der Waals surface area contributed by atoms with E-state index >= 15 is 0 Å². The molecule has 4 rings (SSSR count). The lowest BCUT2D eigenvalue weighted by Gasteiger charge is -2.19. The van der Waals surface area contributed by atoms with Gasteiger partial charge in [0.25, 0.3) is 0 Å². The van der Waals surface area contributed by atoms with E-state index in [4.69, 9.17) is 5.73 Å². The molecule has 1 saturated carbocycles. The SMILES string of the molecule is CC1C(C)C2C1[N+]21C=Cc2cc(CN)ccc21. The van der Waals surface area contributed by atoms with Crippen molar-refractivity contribution in [3.05, 3.63) is 35.5 Å². The lowest BCUT2D eigenvalue weighted by molar-refractivity contribution is 0.290. The fourth-order valence-corrected chi connectivity index (χ4v) is 4.30. The summed E-state index contributed by atoms with van der Waals surface area (Å²) in [6.07, 6.45) is 4.71. The van der Waals surface area contributed by atoms with Gasteiger partial charge in [-0.3, -0.25) is 0 Å². The summed E-state index contributed by atoms with van der Waals surface area (Å²) in [5, 5.41) is 0. The minimum atomic E-state index is 0.640. The van der Waals surface area contributed by atoms with E-state index < -0.39 is 0 Å². The molecule has 88 valence electrons. The van der Waals surface area contributed by atoms with Crippen molar-refractivity contribution in [3.8, 4) is 0 Å². The number of nitrogens with zero attached hydrogens (tertiary/aromatic N) is 1.